The van der Waals surface area contributed by atoms with Crippen LogP contribution in [0.25, 0.3) is 0 Å². The van der Waals surface area contributed by atoms with E-state index in [1.807, 2.05) is 0 Å². The Balaban J connectivity index is 2.12. The monoisotopic (exact) mass is 301 g/mol. The van der Waals surface area contributed by atoms with E-state index in [1.165, 1.54) is 19.2 Å². The minimum Gasteiger partial charge on any atom is -0.494 e. The number of benzene rings is 1. The van der Waals surface area contributed by atoms with Gasteiger partial charge < -0.3 is 14.8 Å². The molecule has 110 valence electrons. The number of methoxy groups -OCH3 is 1. The summed E-state index contributed by atoms with van der Waals surface area (Å²) in [6, 6.07) is 4.12. The number of carbonyl (C=O) groups is 1. The van der Waals surface area contributed by atoms with Gasteiger partial charge in [-0.15, -0.1) is 11.6 Å². The molecule has 0 atom stereocenters. The smallest absolute Gasteiger partial charge is 0.251 e. The summed E-state index contributed by atoms with van der Waals surface area (Å²) < 4.78 is 23.7. The predicted molar refractivity (Wildman–Crippen MR) is 73.9 cm³/mol. The number of halogens is 2. The van der Waals surface area contributed by atoms with Crippen LogP contribution < -0.4 is 10.1 Å². The minimum atomic E-state index is -0.563. The standard InChI is InChI=1S/C14H17ClFNO3/c1-19-12-3-2-10(8-11(12)16)13(18)17-14(9-15)4-6-20-7-5-14/h2-3,8H,4-7,9H2,1H3,(H,17,18). The number of amides is 1. The van der Waals surface area contributed by atoms with Gasteiger partial charge in [0.05, 0.1) is 12.6 Å². The Labute approximate surface area is 122 Å². The Morgan fingerprint density at radius 3 is 2.75 bits per heavy atom. The number of rotatable bonds is 4. The highest BCUT2D eigenvalue weighted by Crippen LogP contribution is 2.24. The van der Waals surface area contributed by atoms with Gasteiger partial charge in [0.1, 0.15) is 0 Å². The number of hydrogen-bond acceptors (Lipinski definition) is 3. The van der Waals surface area contributed by atoms with Crippen LogP contribution >= 0.6 is 11.6 Å². The molecule has 6 heteroatoms. The summed E-state index contributed by atoms with van der Waals surface area (Å²) in [5.74, 6) is -0.485. The first-order valence-corrected chi connectivity index (χ1v) is 6.93. The maximum Gasteiger partial charge on any atom is 0.251 e. The molecule has 1 fully saturated rings. The van der Waals surface area contributed by atoms with Crippen molar-refractivity contribution in [2.24, 2.45) is 0 Å². The first-order valence-electron chi connectivity index (χ1n) is 6.40. The maximum absolute atomic E-state index is 13.6. The summed E-state index contributed by atoms with van der Waals surface area (Å²) in [5, 5.41) is 2.90. The number of ether oxygens (including phenoxy) is 2. The van der Waals surface area contributed by atoms with Gasteiger partial charge in [0.15, 0.2) is 11.6 Å². The minimum absolute atomic E-state index is 0.111. The number of alkyl halides is 1. The van der Waals surface area contributed by atoms with Crippen LogP contribution in [-0.4, -0.2) is 37.6 Å². The van der Waals surface area contributed by atoms with Crippen molar-refractivity contribution in [1.82, 2.24) is 5.32 Å². The van der Waals surface area contributed by atoms with E-state index in [-0.39, 0.29) is 17.2 Å². The molecule has 4 nitrogen and oxygen atoms in total. The molecule has 1 N–H and O–H groups in total. The van der Waals surface area contributed by atoms with Gasteiger partial charge in [0.25, 0.3) is 5.91 Å². The fourth-order valence-electron chi connectivity index (χ4n) is 2.17. The normalized spacial score (nSPS) is 17.6. The van der Waals surface area contributed by atoms with E-state index < -0.39 is 11.4 Å². The molecule has 1 aliphatic heterocycles. The van der Waals surface area contributed by atoms with Crippen LogP contribution in [0.3, 0.4) is 0 Å². The van der Waals surface area contributed by atoms with Gasteiger partial charge in [-0.3, -0.25) is 4.79 Å². The quantitative estimate of drug-likeness (QED) is 0.869. The molecule has 0 radical (unpaired) electrons. The molecule has 0 unspecified atom stereocenters. The third kappa shape index (κ3) is 3.22. The van der Waals surface area contributed by atoms with Gasteiger partial charge in [-0.25, -0.2) is 4.39 Å². The second-order valence-electron chi connectivity index (χ2n) is 4.83. The van der Waals surface area contributed by atoms with Crippen molar-refractivity contribution in [2.45, 2.75) is 18.4 Å². The highest BCUT2D eigenvalue weighted by molar-refractivity contribution is 6.19. The number of carbonyl (C=O) groups excluding carboxylic acids is 1. The van der Waals surface area contributed by atoms with Crippen molar-refractivity contribution in [1.29, 1.82) is 0 Å². The molecule has 0 aromatic heterocycles. The molecule has 1 heterocycles. The number of nitrogens with one attached hydrogen (secondary N) is 1. The van der Waals surface area contributed by atoms with Gasteiger partial charge >= 0.3 is 0 Å². The Morgan fingerprint density at radius 2 is 2.20 bits per heavy atom. The summed E-state index contributed by atoms with van der Waals surface area (Å²) in [7, 11) is 1.38. The van der Waals surface area contributed by atoms with E-state index in [2.05, 4.69) is 5.32 Å². The van der Waals surface area contributed by atoms with Gasteiger partial charge in [-0.2, -0.15) is 0 Å². The zero-order valence-electron chi connectivity index (χ0n) is 11.2. The maximum atomic E-state index is 13.6. The van der Waals surface area contributed by atoms with Crippen LogP contribution in [0.1, 0.15) is 23.2 Å². The Bertz CT molecular complexity index is 489. The second-order valence-corrected chi connectivity index (χ2v) is 5.10. The molecule has 1 aromatic rings. The van der Waals surface area contributed by atoms with Crippen LogP contribution in [0.15, 0.2) is 18.2 Å². The Morgan fingerprint density at radius 1 is 1.50 bits per heavy atom. The highest BCUT2D eigenvalue weighted by atomic mass is 35.5. The summed E-state index contributed by atoms with van der Waals surface area (Å²) in [6.45, 7) is 1.12. The first-order chi connectivity index (χ1) is 9.60. The molecular weight excluding hydrogens is 285 g/mol. The molecule has 1 aromatic carbocycles. The topological polar surface area (TPSA) is 47.6 Å². The van der Waals surface area contributed by atoms with Crippen LogP contribution in [0.5, 0.6) is 5.75 Å². The van der Waals surface area contributed by atoms with E-state index >= 15 is 0 Å². The van der Waals surface area contributed by atoms with E-state index in [9.17, 15) is 9.18 Å². The molecule has 0 aliphatic carbocycles. The fourth-order valence-corrected chi connectivity index (χ4v) is 2.51. The molecule has 0 bridgehead atoms. The molecule has 1 aliphatic rings. The van der Waals surface area contributed by atoms with Gasteiger partial charge in [-0.1, -0.05) is 0 Å². The summed E-state index contributed by atoms with van der Waals surface area (Å²) in [5.41, 5.74) is -0.230. The van der Waals surface area contributed by atoms with Crippen LogP contribution in [0.4, 0.5) is 4.39 Å². The van der Waals surface area contributed by atoms with Gasteiger partial charge in [0.2, 0.25) is 0 Å². The van der Waals surface area contributed by atoms with Gasteiger partial charge in [0, 0.05) is 24.7 Å². The summed E-state index contributed by atoms with van der Waals surface area (Å²) >= 11 is 5.98. The lowest BCUT2D eigenvalue weighted by atomic mass is 9.92. The van der Waals surface area contributed by atoms with Crippen LogP contribution in [0, 0.1) is 5.82 Å². The third-order valence-electron chi connectivity index (χ3n) is 3.50. The molecule has 0 saturated carbocycles. The zero-order chi connectivity index (χ0) is 14.6. The molecule has 2 rings (SSSR count). The lowest BCUT2D eigenvalue weighted by Gasteiger charge is -2.36. The van der Waals surface area contributed by atoms with E-state index in [0.29, 0.717) is 31.9 Å². The van der Waals surface area contributed by atoms with Crippen molar-refractivity contribution in [3.05, 3.63) is 29.6 Å². The van der Waals surface area contributed by atoms with E-state index in [4.69, 9.17) is 21.1 Å². The number of hydrogen-bond donors (Lipinski definition) is 1. The molecule has 1 amide bonds. The predicted octanol–water partition coefficient (Wildman–Crippen LogP) is 2.35. The van der Waals surface area contributed by atoms with Crippen LogP contribution in [-0.2, 0) is 4.74 Å². The summed E-state index contributed by atoms with van der Waals surface area (Å²) in [4.78, 5) is 12.2. The average Bonchev–Trinajstić information content (AvgIpc) is 2.48. The highest BCUT2D eigenvalue weighted by Gasteiger charge is 2.33. The largest absolute Gasteiger partial charge is 0.494 e. The Kier molecular flexibility index (Phi) is 4.83. The van der Waals surface area contributed by atoms with E-state index in [0.717, 1.165) is 6.07 Å². The summed E-state index contributed by atoms with van der Waals surface area (Å²) in [6.07, 6.45) is 1.31. The van der Waals surface area contributed by atoms with Crippen molar-refractivity contribution in [3.8, 4) is 5.75 Å². The van der Waals surface area contributed by atoms with Crippen LogP contribution in [0.2, 0.25) is 0 Å². The fraction of sp³-hybridized carbons (Fsp3) is 0.500. The zero-order valence-corrected chi connectivity index (χ0v) is 12.0. The first kappa shape index (κ1) is 15.1. The SMILES string of the molecule is COc1ccc(C(=O)NC2(CCl)CCOCC2)cc1F. The van der Waals surface area contributed by atoms with Crippen molar-refractivity contribution in [3.63, 3.8) is 0 Å². The lowest BCUT2D eigenvalue weighted by Crippen LogP contribution is -2.53. The van der Waals surface area contributed by atoms with Crippen molar-refractivity contribution >= 4 is 17.5 Å². The molecular formula is C14H17ClFNO3. The van der Waals surface area contributed by atoms with Crippen molar-refractivity contribution in [2.75, 3.05) is 26.2 Å². The van der Waals surface area contributed by atoms with E-state index in [1.54, 1.807) is 0 Å². The Hall–Kier alpha value is -1.33. The average molecular weight is 302 g/mol. The van der Waals surface area contributed by atoms with Gasteiger partial charge in [-0.05, 0) is 31.0 Å². The molecule has 0 spiro atoms. The third-order valence-corrected chi connectivity index (χ3v) is 4.01. The lowest BCUT2D eigenvalue weighted by molar-refractivity contribution is 0.0433. The van der Waals surface area contributed by atoms with Crippen molar-refractivity contribution < 1.29 is 18.7 Å². The second kappa shape index (κ2) is 6.41. The molecule has 1 saturated heterocycles. The molecule has 20 heavy (non-hydrogen) atoms.